The third kappa shape index (κ3) is 3.52. The van der Waals surface area contributed by atoms with Crippen molar-refractivity contribution in [2.75, 3.05) is 6.54 Å². The summed E-state index contributed by atoms with van der Waals surface area (Å²) in [6, 6.07) is 14.0. The molecular formula is C21H21N3O2. The zero-order valence-corrected chi connectivity index (χ0v) is 14.5. The minimum atomic E-state index is 0.156. The number of oxazole rings is 1. The van der Waals surface area contributed by atoms with Crippen LogP contribution < -0.4 is 0 Å². The molecule has 0 N–H and O–H groups in total. The average Bonchev–Trinajstić information content (AvgIpc) is 3.37. The molecule has 5 heteroatoms. The van der Waals surface area contributed by atoms with E-state index in [2.05, 4.69) is 9.97 Å². The van der Waals surface area contributed by atoms with E-state index in [1.807, 2.05) is 47.4 Å². The van der Waals surface area contributed by atoms with E-state index < -0.39 is 0 Å². The molecule has 1 aromatic carbocycles. The van der Waals surface area contributed by atoms with Gasteiger partial charge < -0.3 is 9.32 Å². The van der Waals surface area contributed by atoms with Gasteiger partial charge >= 0.3 is 0 Å². The number of nitrogens with zero attached hydrogens (tertiary/aromatic N) is 3. The standard InChI is InChI=1S/C21H21N3O2/c25-21(24-14-4-7-18(24)16-10-12-22-13-11-16)9-8-20-23-15-19(26-20)17-5-2-1-3-6-17/h1-3,5-6,10-13,15,18H,4,7-9,14H2. The molecule has 0 radical (unpaired) electrons. The van der Waals surface area contributed by atoms with Crippen molar-refractivity contribution in [2.45, 2.75) is 31.7 Å². The molecule has 1 saturated heterocycles. The number of aryl methyl sites for hydroxylation is 1. The molecule has 1 fully saturated rings. The highest BCUT2D eigenvalue weighted by molar-refractivity contribution is 5.77. The highest BCUT2D eigenvalue weighted by atomic mass is 16.4. The number of rotatable bonds is 5. The number of hydrogen-bond acceptors (Lipinski definition) is 4. The van der Waals surface area contributed by atoms with Gasteiger partial charge in [-0.15, -0.1) is 0 Å². The Balaban J connectivity index is 1.39. The van der Waals surface area contributed by atoms with Crippen LogP contribution in [0.15, 0.2) is 65.5 Å². The molecule has 1 amide bonds. The van der Waals surface area contributed by atoms with Crippen molar-refractivity contribution in [1.29, 1.82) is 0 Å². The van der Waals surface area contributed by atoms with Crippen LogP contribution in [0.25, 0.3) is 11.3 Å². The Bertz CT molecular complexity index is 861. The van der Waals surface area contributed by atoms with Crippen molar-refractivity contribution < 1.29 is 9.21 Å². The van der Waals surface area contributed by atoms with Gasteiger partial charge in [0.25, 0.3) is 0 Å². The average molecular weight is 347 g/mol. The van der Waals surface area contributed by atoms with Gasteiger partial charge in [0, 0.05) is 37.3 Å². The van der Waals surface area contributed by atoms with E-state index in [-0.39, 0.29) is 11.9 Å². The van der Waals surface area contributed by atoms with Gasteiger partial charge in [0.15, 0.2) is 11.7 Å². The molecule has 26 heavy (non-hydrogen) atoms. The quantitative estimate of drug-likeness (QED) is 0.699. The van der Waals surface area contributed by atoms with Gasteiger partial charge in [-0.1, -0.05) is 30.3 Å². The molecule has 3 aromatic rings. The summed E-state index contributed by atoms with van der Waals surface area (Å²) in [5.74, 6) is 1.50. The lowest BCUT2D eigenvalue weighted by Crippen LogP contribution is -2.30. The Labute approximate surface area is 152 Å². The zero-order chi connectivity index (χ0) is 17.8. The van der Waals surface area contributed by atoms with Gasteiger partial charge in [0.1, 0.15) is 0 Å². The number of likely N-dealkylation sites (tertiary alicyclic amines) is 1. The molecule has 5 nitrogen and oxygen atoms in total. The van der Waals surface area contributed by atoms with E-state index in [0.29, 0.717) is 18.7 Å². The summed E-state index contributed by atoms with van der Waals surface area (Å²) in [6.45, 7) is 0.812. The highest BCUT2D eigenvalue weighted by Crippen LogP contribution is 2.32. The molecule has 132 valence electrons. The summed E-state index contributed by atoms with van der Waals surface area (Å²) in [4.78, 5) is 23.1. The Morgan fingerprint density at radius 3 is 2.77 bits per heavy atom. The Kier molecular flexibility index (Phi) is 4.78. The maximum absolute atomic E-state index is 12.7. The topological polar surface area (TPSA) is 59.2 Å². The number of aromatic nitrogens is 2. The first-order chi connectivity index (χ1) is 12.8. The molecule has 1 unspecified atom stereocenters. The van der Waals surface area contributed by atoms with Crippen LogP contribution in [0.3, 0.4) is 0 Å². The molecule has 4 rings (SSSR count). The highest BCUT2D eigenvalue weighted by Gasteiger charge is 2.29. The number of benzene rings is 1. The predicted molar refractivity (Wildman–Crippen MR) is 98.2 cm³/mol. The second kappa shape index (κ2) is 7.52. The molecule has 0 saturated carbocycles. The minimum absolute atomic E-state index is 0.156. The maximum Gasteiger partial charge on any atom is 0.223 e. The Morgan fingerprint density at radius 2 is 1.96 bits per heavy atom. The first-order valence-electron chi connectivity index (χ1n) is 9.01. The number of pyridine rings is 1. The summed E-state index contributed by atoms with van der Waals surface area (Å²) in [5.41, 5.74) is 2.16. The van der Waals surface area contributed by atoms with E-state index in [0.717, 1.165) is 36.3 Å². The Hall–Kier alpha value is -2.95. The van der Waals surface area contributed by atoms with Gasteiger partial charge in [-0.2, -0.15) is 0 Å². The number of hydrogen-bond donors (Lipinski definition) is 0. The summed E-state index contributed by atoms with van der Waals surface area (Å²) >= 11 is 0. The molecule has 0 spiro atoms. The molecule has 2 aromatic heterocycles. The van der Waals surface area contributed by atoms with Crippen molar-refractivity contribution in [2.24, 2.45) is 0 Å². The largest absolute Gasteiger partial charge is 0.441 e. The van der Waals surface area contributed by atoms with E-state index in [1.165, 1.54) is 0 Å². The van der Waals surface area contributed by atoms with Crippen molar-refractivity contribution in [3.63, 3.8) is 0 Å². The molecule has 1 aliphatic heterocycles. The summed E-state index contributed by atoms with van der Waals surface area (Å²) < 4.78 is 5.80. The maximum atomic E-state index is 12.7. The lowest BCUT2D eigenvalue weighted by atomic mass is 10.1. The van der Waals surface area contributed by atoms with Gasteiger partial charge in [0.05, 0.1) is 12.2 Å². The fourth-order valence-electron chi connectivity index (χ4n) is 3.52. The second-order valence-corrected chi connectivity index (χ2v) is 6.51. The molecule has 1 aliphatic rings. The second-order valence-electron chi connectivity index (χ2n) is 6.51. The van der Waals surface area contributed by atoms with E-state index in [9.17, 15) is 4.79 Å². The fourth-order valence-corrected chi connectivity index (χ4v) is 3.52. The van der Waals surface area contributed by atoms with Crippen molar-refractivity contribution in [1.82, 2.24) is 14.9 Å². The van der Waals surface area contributed by atoms with E-state index in [4.69, 9.17) is 4.42 Å². The first kappa shape index (κ1) is 16.5. The van der Waals surface area contributed by atoms with Crippen molar-refractivity contribution >= 4 is 5.91 Å². The monoisotopic (exact) mass is 347 g/mol. The molecule has 0 aliphatic carbocycles. The number of amides is 1. The lowest BCUT2D eigenvalue weighted by Gasteiger charge is -2.24. The molecular weight excluding hydrogens is 326 g/mol. The predicted octanol–water partition coefficient (Wildman–Crippen LogP) is 4.03. The van der Waals surface area contributed by atoms with Crippen molar-refractivity contribution in [3.05, 3.63) is 72.5 Å². The van der Waals surface area contributed by atoms with Gasteiger partial charge in [0.2, 0.25) is 5.91 Å². The van der Waals surface area contributed by atoms with Crippen molar-refractivity contribution in [3.8, 4) is 11.3 Å². The van der Waals surface area contributed by atoms with E-state index >= 15 is 0 Å². The summed E-state index contributed by atoms with van der Waals surface area (Å²) in [6.07, 6.45) is 8.28. The smallest absolute Gasteiger partial charge is 0.223 e. The van der Waals surface area contributed by atoms with Crippen LogP contribution in [0, 0.1) is 0 Å². The lowest BCUT2D eigenvalue weighted by molar-refractivity contribution is -0.132. The number of carbonyl (C=O) groups excluding carboxylic acids is 1. The SMILES string of the molecule is O=C(CCc1ncc(-c2ccccc2)o1)N1CCCC1c1ccncc1. The summed E-state index contributed by atoms with van der Waals surface area (Å²) in [7, 11) is 0. The van der Waals surface area contributed by atoms with Crippen LogP contribution in [0.2, 0.25) is 0 Å². The van der Waals surface area contributed by atoms with Crippen LogP contribution in [0.5, 0.6) is 0 Å². The third-order valence-electron chi connectivity index (χ3n) is 4.83. The molecule has 1 atom stereocenters. The van der Waals surface area contributed by atoms with Gasteiger partial charge in [-0.25, -0.2) is 4.98 Å². The van der Waals surface area contributed by atoms with Crippen LogP contribution in [-0.4, -0.2) is 27.3 Å². The fraction of sp³-hybridized carbons (Fsp3) is 0.286. The Morgan fingerprint density at radius 1 is 1.15 bits per heavy atom. The van der Waals surface area contributed by atoms with Gasteiger partial charge in [-0.05, 0) is 30.5 Å². The third-order valence-corrected chi connectivity index (χ3v) is 4.83. The van der Waals surface area contributed by atoms with Gasteiger partial charge in [-0.3, -0.25) is 9.78 Å². The normalized spacial score (nSPS) is 16.8. The van der Waals surface area contributed by atoms with Crippen LogP contribution >= 0.6 is 0 Å². The molecule has 3 heterocycles. The van der Waals surface area contributed by atoms with Crippen LogP contribution in [0.1, 0.15) is 36.8 Å². The van der Waals surface area contributed by atoms with Crippen LogP contribution in [0.4, 0.5) is 0 Å². The van der Waals surface area contributed by atoms with Crippen LogP contribution in [-0.2, 0) is 11.2 Å². The first-order valence-corrected chi connectivity index (χ1v) is 9.01. The molecule has 0 bridgehead atoms. The zero-order valence-electron chi connectivity index (χ0n) is 14.5. The summed E-state index contributed by atoms with van der Waals surface area (Å²) in [5, 5.41) is 0. The minimum Gasteiger partial charge on any atom is -0.441 e. The number of carbonyl (C=O) groups is 1. The van der Waals surface area contributed by atoms with E-state index in [1.54, 1.807) is 18.6 Å².